The van der Waals surface area contributed by atoms with Crippen LogP contribution in [0.1, 0.15) is 60.8 Å². The zero-order valence-corrected chi connectivity index (χ0v) is 15.4. The van der Waals surface area contributed by atoms with Crippen LogP contribution in [-0.2, 0) is 4.43 Å². The molecular formula is C16H36O2Si. The van der Waals surface area contributed by atoms with Crippen molar-refractivity contribution in [3.05, 3.63) is 0 Å². The van der Waals surface area contributed by atoms with Gasteiger partial charge in [-0.25, -0.2) is 0 Å². The van der Waals surface area contributed by atoms with Gasteiger partial charge >= 0.3 is 0 Å². The lowest BCUT2D eigenvalue weighted by molar-refractivity contribution is 0.126. The number of aliphatic hydroxyl groups excluding tert-OH is 1. The molecule has 3 heteroatoms. The quantitative estimate of drug-likeness (QED) is 0.648. The monoisotopic (exact) mass is 288 g/mol. The second-order valence-corrected chi connectivity index (χ2v) is 12.6. The van der Waals surface area contributed by atoms with Crippen molar-refractivity contribution in [1.82, 2.24) is 0 Å². The maximum absolute atomic E-state index is 9.47. The SMILES string of the molecule is C[C@H](CCC[C@@H](C)[C@H](C)O)CO[Si](C)(C)C(C)(C)C. The van der Waals surface area contributed by atoms with Crippen LogP contribution >= 0.6 is 0 Å². The molecule has 1 N–H and O–H groups in total. The molecule has 0 aliphatic rings. The van der Waals surface area contributed by atoms with Gasteiger partial charge in [0.15, 0.2) is 8.32 Å². The van der Waals surface area contributed by atoms with E-state index in [9.17, 15) is 5.11 Å². The third-order valence-corrected chi connectivity index (χ3v) is 9.22. The molecule has 2 nitrogen and oxygen atoms in total. The molecule has 0 saturated carbocycles. The first-order valence-electron chi connectivity index (χ1n) is 7.79. The first-order valence-corrected chi connectivity index (χ1v) is 10.7. The van der Waals surface area contributed by atoms with Crippen LogP contribution in [0.4, 0.5) is 0 Å². The largest absolute Gasteiger partial charge is 0.417 e. The van der Waals surface area contributed by atoms with E-state index < -0.39 is 8.32 Å². The molecule has 0 spiro atoms. The molecule has 0 aromatic carbocycles. The molecule has 3 atom stereocenters. The van der Waals surface area contributed by atoms with E-state index in [4.69, 9.17) is 4.43 Å². The van der Waals surface area contributed by atoms with Gasteiger partial charge in [-0.2, -0.15) is 0 Å². The molecule has 0 saturated heterocycles. The highest BCUT2D eigenvalue weighted by Crippen LogP contribution is 2.36. The van der Waals surface area contributed by atoms with Crippen LogP contribution in [0.2, 0.25) is 18.1 Å². The van der Waals surface area contributed by atoms with Crippen molar-refractivity contribution in [2.24, 2.45) is 11.8 Å². The Balaban J connectivity index is 3.91. The highest BCUT2D eigenvalue weighted by Gasteiger charge is 2.37. The summed E-state index contributed by atoms with van der Waals surface area (Å²) in [5, 5.41) is 9.77. The number of rotatable bonds is 8. The molecule has 0 aromatic rings. The van der Waals surface area contributed by atoms with Gasteiger partial charge in [-0.3, -0.25) is 0 Å². The van der Waals surface area contributed by atoms with Gasteiger partial charge in [0.05, 0.1) is 6.10 Å². The molecule has 0 aromatic heterocycles. The molecule has 0 heterocycles. The molecule has 19 heavy (non-hydrogen) atoms. The predicted octanol–water partition coefficient (Wildman–Crippen LogP) is 4.83. The molecule has 0 radical (unpaired) electrons. The summed E-state index contributed by atoms with van der Waals surface area (Å²) >= 11 is 0. The topological polar surface area (TPSA) is 29.5 Å². The van der Waals surface area contributed by atoms with E-state index in [1.54, 1.807) is 0 Å². The first-order chi connectivity index (χ1) is 8.47. The zero-order chi connectivity index (χ0) is 15.3. The standard InChI is InChI=1S/C16H36O2Si/c1-13(10-9-11-14(2)15(3)17)12-18-19(7,8)16(4,5)6/h13-15,17H,9-12H2,1-8H3/t13-,14-,15+/m1/s1. The summed E-state index contributed by atoms with van der Waals surface area (Å²) in [6.07, 6.45) is 3.32. The van der Waals surface area contributed by atoms with Gasteiger partial charge in [-0.05, 0) is 49.7 Å². The molecule has 116 valence electrons. The summed E-state index contributed by atoms with van der Waals surface area (Å²) in [5.74, 6) is 1.03. The minimum atomic E-state index is -1.59. The Morgan fingerprint density at radius 3 is 2.00 bits per heavy atom. The third-order valence-electron chi connectivity index (χ3n) is 4.71. The van der Waals surface area contributed by atoms with Crippen molar-refractivity contribution < 1.29 is 9.53 Å². The van der Waals surface area contributed by atoms with Gasteiger partial charge in [-0.1, -0.05) is 41.0 Å². The van der Waals surface area contributed by atoms with Gasteiger partial charge in [0.1, 0.15) is 0 Å². The van der Waals surface area contributed by atoms with Crippen LogP contribution in [0.3, 0.4) is 0 Å². The maximum atomic E-state index is 9.47. The zero-order valence-electron chi connectivity index (χ0n) is 14.4. The number of hydrogen-bond acceptors (Lipinski definition) is 2. The van der Waals surface area contributed by atoms with Crippen molar-refractivity contribution >= 4 is 8.32 Å². The molecule has 0 amide bonds. The Bertz CT molecular complexity index is 244. The van der Waals surface area contributed by atoms with Gasteiger partial charge < -0.3 is 9.53 Å². The lowest BCUT2D eigenvalue weighted by Crippen LogP contribution is -2.41. The molecule has 0 fully saturated rings. The third kappa shape index (κ3) is 7.47. The Kier molecular flexibility index (Phi) is 7.85. The van der Waals surface area contributed by atoms with Crippen molar-refractivity contribution in [3.63, 3.8) is 0 Å². The van der Waals surface area contributed by atoms with Crippen LogP contribution < -0.4 is 0 Å². The van der Waals surface area contributed by atoms with Crippen LogP contribution in [-0.4, -0.2) is 26.1 Å². The van der Waals surface area contributed by atoms with Crippen LogP contribution in [0.15, 0.2) is 0 Å². The Labute approximate surface area is 122 Å². The predicted molar refractivity (Wildman–Crippen MR) is 87.0 cm³/mol. The van der Waals surface area contributed by atoms with Crippen LogP contribution in [0.25, 0.3) is 0 Å². The molecular weight excluding hydrogens is 252 g/mol. The van der Waals surface area contributed by atoms with E-state index in [0.29, 0.717) is 16.9 Å². The minimum Gasteiger partial charge on any atom is -0.417 e. The van der Waals surface area contributed by atoms with E-state index in [0.717, 1.165) is 13.0 Å². The molecule has 0 aliphatic carbocycles. The lowest BCUT2D eigenvalue weighted by atomic mass is 9.96. The van der Waals surface area contributed by atoms with E-state index in [1.165, 1.54) is 12.8 Å². The van der Waals surface area contributed by atoms with E-state index in [2.05, 4.69) is 47.7 Å². The summed E-state index contributed by atoms with van der Waals surface area (Å²) in [5.41, 5.74) is 0. The van der Waals surface area contributed by atoms with Gasteiger partial charge in [-0.15, -0.1) is 0 Å². The van der Waals surface area contributed by atoms with Crippen molar-refractivity contribution in [1.29, 1.82) is 0 Å². The molecule has 0 bridgehead atoms. The molecule has 0 aliphatic heterocycles. The highest BCUT2D eigenvalue weighted by molar-refractivity contribution is 6.74. The minimum absolute atomic E-state index is 0.182. The van der Waals surface area contributed by atoms with Gasteiger partial charge in [0, 0.05) is 6.61 Å². The summed E-state index contributed by atoms with van der Waals surface area (Å²) in [7, 11) is -1.59. The van der Waals surface area contributed by atoms with Crippen LogP contribution in [0, 0.1) is 11.8 Å². The van der Waals surface area contributed by atoms with E-state index in [-0.39, 0.29) is 6.10 Å². The first kappa shape index (κ1) is 19.1. The second kappa shape index (κ2) is 7.80. The average molecular weight is 289 g/mol. The summed E-state index contributed by atoms with van der Waals surface area (Å²) < 4.78 is 6.25. The number of hydrogen-bond donors (Lipinski definition) is 1. The van der Waals surface area contributed by atoms with E-state index >= 15 is 0 Å². The molecule has 0 rings (SSSR count). The van der Waals surface area contributed by atoms with Gasteiger partial charge in [0.2, 0.25) is 0 Å². The van der Waals surface area contributed by atoms with Gasteiger partial charge in [0.25, 0.3) is 0 Å². The Hall–Kier alpha value is 0.137. The van der Waals surface area contributed by atoms with Crippen molar-refractivity contribution in [2.75, 3.05) is 6.61 Å². The van der Waals surface area contributed by atoms with Crippen molar-refractivity contribution in [2.45, 2.75) is 85.0 Å². The Morgan fingerprint density at radius 2 is 1.58 bits per heavy atom. The normalized spacial score (nSPS) is 18.2. The summed E-state index contributed by atoms with van der Waals surface area (Å²) in [6, 6.07) is 0. The molecule has 0 unspecified atom stereocenters. The van der Waals surface area contributed by atoms with Crippen LogP contribution in [0.5, 0.6) is 0 Å². The smallest absolute Gasteiger partial charge is 0.191 e. The Morgan fingerprint density at radius 1 is 1.05 bits per heavy atom. The van der Waals surface area contributed by atoms with Crippen molar-refractivity contribution in [3.8, 4) is 0 Å². The van der Waals surface area contributed by atoms with E-state index in [1.807, 2.05) is 6.92 Å². The maximum Gasteiger partial charge on any atom is 0.191 e. The fraction of sp³-hybridized carbons (Fsp3) is 1.00. The highest BCUT2D eigenvalue weighted by atomic mass is 28.4. The summed E-state index contributed by atoms with van der Waals surface area (Å²) in [4.78, 5) is 0. The fourth-order valence-electron chi connectivity index (χ4n) is 1.68. The number of aliphatic hydroxyl groups is 1. The second-order valence-electron chi connectivity index (χ2n) is 7.83. The average Bonchev–Trinajstić information content (AvgIpc) is 2.24. The lowest BCUT2D eigenvalue weighted by Gasteiger charge is -2.37. The fourth-order valence-corrected chi connectivity index (χ4v) is 2.81. The summed E-state index contributed by atoms with van der Waals surface area (Å²) in [6.45, 7) is 18.7.